The number of carbonyl (C=O) groups is 2. The molecule has 0 radical (unpaired) electrons. The smallest absolute Gasteiger partial charge is 0.251 e. The highest BCUT2D eigenvalue weighted by atomic mass is 16.3. The van der Waals surface area contributed by atoms with Crippen LogP contribution in [0, 0.1) is 13.8 Å². The number of anilines is 1. The molecule has 1 aliphatic carbocycles. The monoisotopic (exact) mass is 514 g/mol. The fourth-order valence-electron chi connectivity index (χ4n) is 4.84. The zero-order chi connectivity index (χ0) is 26.6. The number of aromatic hydroxyl groups is 1. The third kappa shape index (κ3) is 5.44. The van der Waals surface area contributed by atoms with Gasteiger partial charge in [0.1, 0.15) is 24.1 Å². The summed E-state index contributed by atoms with van der Waals surface area (Å²) in [5, 5.41) is 25.4. The van der Waals surface area contributed by atoms with Crippen LogP contribution in [-0.4, -0.2) is 43.2 Å². The molecule has 0 saturated heterocycles. The first-order valence-corrected chi connectivity index (χ1v) is 12.7. The van der Waals surface area contributed by atoms with E-state index in [-0.39, 0.29) is 30.1 Å². The Morgan fingerprint density at radius 3 is 2.50 bits per heavy atom. The van der Waals surface area contributed by atoms with E-state index in [4.69, 9.17) is 4.42 Å². The number of benzene rings is 2. The minimum absolute atomic E-state index is 0.0623. The molecule has 1 saturated carbocycles. The van der Waals surface area contributed by atoms with Gasteiger partial charge >= 0.3 is 0 Å². The highest BCUT2D eigenvalue weighted by Crippen LogP contribution is 2.32. The Labute approximate surface area is 220 Å². The molecule has 1 fully saturated rings. The number of nitrogens with one attached hydrogen (secondary N) is 1. The van der Waals surface area contributed by atoms with Crippen molar-refractivity contribution in [3.05, 3.63) is 77.6 Å². The number of nitrogens with zero attached hydrogens (tertiary/aromatic N) is 5. The van der Waals surface area contributed by atoms with Crippen LogP contribution in [0.1, 0.15) is 48.6 Å². The number of rotatable bonds is 8. The van der Waals surface area contributed by atoms with Crippen LogP contribution in [0.4, 0.5) is 5.69 Å². The summed E-state index contributed by atoms with van der Waals surface area (Å²) in [7, 11) is 0. The van der Waals surface area contributed by atoms with Crippen molar-refractivity contribution in [1.82, 2.24) is 25.5 Å². The Kier molecular flexibility index (Phi) is 7.21. The van der Waals surface area contributed by atoms with E-state index in [0.717, 1.165) is 31.2 Å². The molecule has 2 aromatic carbocycles. The summed E-state index contributed by atoms with van der Waals surface area (Å²) >= 11 is 0. The van der Waals surface area contributed by atoms with Crippen LogP contribution in [0.2, 0.25) is 0 Å². The van der Waals surface area contributed by atoms with Gasteiger partial charge in [0.25, 0.3) is 5.91 Å². The number of hydrogen-bond donors (Lipinski definition) is 2. The van der Waals surface area contributed by atoms with E-state index >= 15 is 0 Å². The van der Waals surface area contributed by atoms with Crippen molar-refractivity contribution in [3.8, 4) is 17.3 Å². The van der Waals surface area contributed by atoms with Gasteiger partial charge in [-0.1, -0.05) is 43.2 Å². The summed E-state index contributed by atoms with van der Waals surface area (Å²) in [5.41, 5.74) is 2.00. The minimum atomic E-state index is -0.972. The molecule has 2 aromatic heterocycles. The molecule has 5 rings (SSSR count). The normalized spacial score (nSPS) is 14.4. The molecular formula is C28H30N6O4. The van der Waals surface area contributed by atoms with Crippen LogP contribution < -0.4 is 10.2 Å². The zero-order valence-corrected chi connectivity index (χ0v) is 21.4. The van der Waals surface area contributed by atoms with Crippen molar-refractivity contribution in [2.75, 3.05) is 4.90 Å². The van der Waals surface area contributed by atoms with Crippen molar-refractivity contribution in [3.63, 3.8) is 0 Å². The third-order valence-corrected chi connectivity index (χ3v) is 6.75. The van der Waals surface area contributed by atoms with Gasteiger partial charge in [0.05, 0.1) is 0 Å². The maximum absolute atomic E-state index is 14.0. The maximum atomic E-state index is 14.0. The number of amides is 2. The Morgan fingerprint density at radius 1 is 1.08 bits per heavy atom. The van der Waals surface area contributed by atoms with Gasteiger partial charge in [-0.3, -0.25) is 14.5 Å². The Balaban J connectivity index is 1.52. The minimum Gasteiger partial charge on any atom is -0.508 e. The van der Waals surface area contributed by atoms with Gasteiger partial charge in [-0.05, 0) is 73.4 Å². The van der Waals surface area contributed by atoms with Crippen molar-refractivity contribution in [2.45, 2.75) is 58.2 Å². The highest BCUT2D eigenvalue weighted by Gasteiger charge is 2.35. The van der Waals surface area contributed by atoms with Gasteiger partial charge in [0, 0.05) is 11.7 Å². The molecule has 10 nitrogen and oxygen atoms in total. The Morgan fingerprint density at radius 2 is 1.82 bits per heavy atom. The van der Waals surface area contributed by atoms with E-state index in [1.54, 1.807) is 24.3 Å². The van der Waals surface area contributed by atoms with E-state index in [1.165, 1.54) is 21.8 Å². The number of carbonyl (C=O) groups excluding carboxylic acids is 2. The number of aromatic nitrogens is 4. The van der Waals surface area contributed by atoms with Gasteiger partial charge in [0.15, 0.2) is 5.76 Å². The van der Waals surface area contributed by atoms with Crippen molar-refractivity contribution in [2.24, 2.45) is 0 Å². The van der Waals surface area contributed by atoms with Gasteiger partial charge < -0.3 is 14.8 Å². The molecule has 4 aromatic rings. The summed E-state index contributed by atoms with van der Waals surface area (Å²) in [6, 6.07) is 16.4. The molecule has 2 N–H and O–H groups in total. The molecule has 0 unspecified atom stereocenters. The van der Waals surface area contributed by atoms with Crippen LogP contribution >= 0.6 is 0 Å². The second-order valence-electron chi connectivity index (χ2n) is 9.59. The molecule has 1 atom stereocenters. The fraction of sp³-hybridized carbons (Fsp3) is 0.321. The van der Waals surface area contributed by atoms with Gasteiger partial charge in [-0.15, -0.1) is 10.2 Å². The molecule has 196 valence electrons. The second-order valence-corrected chi connectivity index (χ2v) is 9.59. The maximum Gasteiger partial charge on any atom is 0.251 e. The van der Waals surface area contributed by atoms with Crippen LogP contribution in [0.15, 0.2) is 65.1 Å². The average molecular weight is 515 g/mol. The first-order chi connectivity index (χ1) is 18.4. The van der Waals surface area contributed by atoms with Gasteiger partial charge in [-0.25, -0.2) is 0 Å². The summed E-state index contributed by atoms with van der Waals surface area (Å²) < 4.78 is 5.57. The third-order valence-electron chi connectivity index (χ3n) is 6.75. The standard InChI is InChI=1S/C28H30N6O4/c1-18-7-3-6-10-23(18)34(25(36)17-33-31-27(30-32-33)24-16-11-19(2)38-24)26(20-12-14-22(35)15-13-20)28(37)29-21-8-4-5-9-21/h3,6-7,10-16,21,26,35H,4-5,8-9,17H2,1-2H3,(H,29,37)/t26-/m0/s1. The SMILES string of the molecule is Cc1ccc(-c2nnn(CC(=O)N(c3ccccc3C)[C@H](C(=O)NC3CCCC3)c3ccc(O)cc3)n2)o1. The van der Waals surface area contributed by atoms with E-state index in [1.807, 2.05) is 38.1 Å². The molecule has 10 heteroatoms. The van der Waals surface area contributed by atoms with Gasteiger partial charge in [0.2, 0.25) is 11.7 Å². The molecule has 1 aliphatic rings. The van der Waals surface area contributed by atoms with Crippen molar-refractivity contribution in [1.29, 1.82) is 0 Å². The molecule has 38 heavy (non-hydrogen) atoms. The van der Waals surface area contributed by atoms with Crippen LogP contribution in [0.25, 0.3) is 11.6 Å². The van der Waals surface area contributed by atoms with Gasteiger partial charge in [-0.2, -0.15) is 4.80 Å². The van der Waals surface area contributed by atoms with Crippen LogP contribution in [-0.2, 0) is 16.1 Å². The van der Waals surface area contributed by atoms with E-state index in [2.05, 4.69) is 20.7 Å². The lowest BCUT2D eigenvalue weighted by Gasteiger charge is -2.33. The lowest BCUT2D eigenvalue weighted by atomic mass is 10.0. The van der Waals surface area contributed by atoms with E-state index in [9.17, 15) is 14.7 Å². The highest BCUT2D eigenvalue weighted by molar-refractivity contribution is 6.01. The van der Waals surface area contributed by atoms with E-state index in [0.29, 0.717) is 22.8 Å². The molecule has 0 aliphatic heterocycles. The topological polar surface area (TPSA) is 126 Å². The van der Waals surface area contributed by atoms with E-state index < -0.39 is 11.9 Å². The van der Waals surface area contributed by atoms with Crippen molar-refractivity contribution < 1.29 is 19.1 Å². The summed E-state index contributed by atoms with van der Waals surface area (Å²) in [4.78, 5) is 30.5. The summed E-state index contributed by atoms with van der Waals surface area (Å²) in [6.07, 6.45) is 3.93. The summed E-state index contributed by atoms with van der Waals surface area (Å²) in [6.45, 7) is 3.47. The fourth-order valence-corrected chi connectivity index (χ4v) is 4.84. The number of para-hydroxylation sites is 1. The lowest BCUT2D eigenvalue weighted by Crippen LogP contribution is -2.47. The van der Waals surface area contributed by atoms with Crippen LogP contribution in [0.3, 0.4) is 0 Å². The summed E-state index contributed by atoms with van der Waals surface area (Å²) in [5.74, 6) is 0.835. The zero-order valence-electron chi connectivity index (χ0n) is 21.4. The van der Waals surface area contributed by atoms with Crippen LogP contribution in [0.5, 0.6) is 5.75 Å². The number of furan rings is 1. The quantitative estimate of drug-likeness (QED) is 0.363. The first-order valence-electron chi connectivity index (χ1n) is 12.7. The predicted octanol–water partition coefficient (Wildman–Crippen LogP) is 4.09. The average Bonchev–Trinajstić information content (AvgIpc) is 3.67. The lowest BCUT2D eigenvalue weighted by molar-refractivity contribution is -0.127. The molecule has 2 amide bonds. The second kappa shape index (κ2) is 10.9. The molecule has 0 bridgehead atoms. The molecule has 0 spiro atoms. The Hall–Kier alpha value is -4.47. The number of phenolic OH excluding ortho intramolecular Hbond substituents is 1. The largest absolute Gasteiger partial charge is 0.508 e. The molecule has 2 heterocycles. The first kappa shape index (κ1) is 25.2. The number of hydrogen-bond acceptors (Lipinski definition) is 7. The predicted molar refractivity (Wildman–Crippen MR) is 140 cm³/mol. The van der Waals surface area contributed by atoms with Crippen molar-refractivity contribution >= 4 is 17.5 Å². The number of tetrazole rings is 1. The number of phenols is 1. The Bertz CT molecular complexity index is 1420. The number of aryl methyl sites for hydroxylation is 2. The molecular weight excluding hydrogens is 484 g/mol.